The summed E-state index contributed by atoms with van der Waals surface area (Å²) in [6.07, 6.45) is 27.0. The quantitative estimate of drug-likeness (QED) is 0.161. The van der Waals surface area contributed by atoms with Gasteiger partial charge in [-0.15, -0.1) is 0 Å². The van der Waals surface area contributed by atoms with Gasteiger partial charge in [-0.3, -0.25) is 0 Å². The van der Waals surface area contributed by atoms with E-state index < -0.39 is 0 Å². The summed E-state index contributed by atoms with van der Waals surface area (Å²) in [5, 5.41) is 6.26. The Morgan fingerprint density at radius 1 is 0.507 bits per heavy atom. The van der Waals surface area contributed by atoms with Crippen LogP contribution in [0.25, 0.3) is 77.1 Å². The van der Waals surface area contributed by atoms with E-state index in [-0.39, 0.29) is 16.7 Å². The molecule has 8 aromatic carbocycles. The van der Waals surface area contributed by atoms with Crippen molar-refractivity contribution in [2.24, 2.45) is 11.8 Å². The van der Waals surface area contributed by atoms with Gasteiger partial charge in [0.05, 0.1) is 33.1 Å². The second-order valence-electron chi connectivity index (χ2n) is 20.6. The first-order chi connectivity index (χ1) is 35.2. The maximum Gasteiger partial charge on any atom is 0.0789 e. The number of rotatable bonds is 4. The molecule has 0 bridgehead atoms. The first-order valence-electron chi connectivity index (χ1n) is 25.6. The van der Waals surface area contributed by atoms with Gasteiger partial charge in [0.1, 0.15) is 0 Å². The summed E-state index contributed by atoms with van der Waals surface area (Å²) in [4.78, 5) is 5.63. The Balaban J connectivity index is 0.933. The Bertz CT molecular complexity index is 4170. The third-order valence-electron chi connectivity index (χ3n) is 17.5. The van der Waals surface area contributed by atoms with Gasteiger partial charge in [0, 0.05) is 50.0 Å². The number of benzene rings is 8. The van der Waals surface area contributed by atoms with E-state index in [1.807, 2.05) is 0 Å². The summed E-state index contributed by atoms with van der Waals surface area (Å²) in [6.45, 7) is 0. The average Bonchev–Trinajstić information content (AvgIpc) is 4.13. The Morgan fingerprint density at radius 3 is 2.21 bits per heavy atom. The number of para-hydroxylation sites is 2. The van der Waals surface area contributed by atoms with E-state index in [9.17, 15) is 0 Å². The van der Waals surface area contributed by atoms with Gasteiger partial charge in [-0.25, -0.2) is 4.98 Å². The Kier molecular flexibility index (Phi) is 8.13. The summed E-state index contributed by atoms with van der Waals surface area (Å²) < 4.78 is 2.51. The molecule has 6 aliphatic carbocycles. The van der Waals surface area contributed by atoms with Crippen molar-refractivity contribution in [1.82, 2.24) is 9.55 Å². The van der Waals surface area contributed by atoms with Crippen molar-refractivity contribution in [2.45, 2.75) is 36.0 Å². The number of pyridine rings is 1. The molecule has 16 rings (SSSR count). The lowest BCUT2D eigenvalue weighted by molar-refractivity contribution is 0.458. The van der Waals surface area contributed by atoms with Crippen LogP contribution < -0.4 is 0 Å². The van der Waals surface area contributed by atoms with Gasteiger partial charge >= 0.3 is 0 Å². The molecule has 2 aromatic heterocycles. The van der Waals surface area contributed by atoms with Crippen LogP contribution in [-0.2, 0) is 10.8 Å². The normalized spacial score (nSPS) is 23.0. The second-order valence-corrected chi connectivity index (χ2v) is 20.6. The summed E-state index contributed by atoms with van der Waals surface area (Å²) >= 11 is 0. The van der Waals surface area contributed by atoms with Crippen LogP contribution in [0.2, 0.25) is 0 Å². The highest BCUT2D eigenvalue weighted by atomic mass is 15.0. The standard InChI is InChI=1S/C69H48N2/c1-3-21-44(22-4-1)68(45-23-5-2-6-24-45)56-32-13-9-28-49(56)54-42-64-55(41-61(54)68)50-29-12-18-37-63(50)71(64)46-25-19-20-43(40-46)67-53-38-39-60-66(65(53)52-31-11-17-36-62(52)70-67)51-30-10-16-35-59(51)69(60)57-33-14-7-26-47(57)48-27-8-15-34-58(48)69/h1-9,11-15,17-23,25-42,45,47,57H,10,16,24H2. The molecule has 0 amide bonds. The van der Waals surface area contributed by atoms with Gasteiger partial charge in [0.15, 0.2) is 0 Å². The predicted octanol–water partition coefficient (Wildman–Crippen LogP) is 16.8. The number of hydrogen-bond acceptors (Lipinski definition) is 1. The van der Waals surface area contributed by atoms with Gasteiger partial charge in [0.25, 0.3) is 0 Å². The average molecular weight is 905 g/mol. The zero-order valence-corrected chi connectivity index (χ0v) is 39.3. The molecule has 0 saturated heterocycles. The van der Waals surface area contributed by atoms with Gasteiger partial charge in [0.2, 0.25) is 0 Å². The molecular formula is C69H48N2. The maximum absolute atomic E-state index is 5.63. The fourth-order valence-corrected chi connectivity index (χ4v) is 15.0. The molecule has 0 radical (unpaired) electrons. The summed E-state index contributed by atoms with van der Waals surface area (Å²) in [7, 11) is 0. The zero-order chi connectivity index (χ0) is 46.4. The van der Waals surface area contributed by atoms with Crippen molar-refractivity contribution in [1.29, 1.82) is 0 Å². The van der Waals surface area contributed by atoms with E-state index in [1.54, 1.807) is 0 Å². The van der Waals surface area contributed by atoms with Crippen LogP contribution in [0, 0.1) is 11.8 Å². The van der Waals surface area contributed by atoms with Crippen molar-refractivity contribution < 1.29 is 0 Å². The number of aromatic nitrogens is 2. The first kappa shape index (κ1) is 39.5. The van der Waals surface area contributed by atoms with Crippen LogP contribution in [0.4, 0.5) is 0 Å². The molecule has 6 aliphatic rings. The monoisotopic (exact) mass is 904 g/mol. The molecule has 2 nitrogen and oxygen atoms in total. The lowest BCUT2D eigenvalue weighted by Crippen LogP contribution is -2.35. The fraction of sp³-hybridized carbons (Fsp3) is 0.116. The molecule has 1 spiro atoms. The molecular weight excluding hydrogens is 857 g/mol. The Hall–Kier alpha value is -8.33. The summed E-state index contributed by atoms with van der Waals surface area (Å²) in [6, 6.07) is 66.8. The van der Waals surface area contributed by atoms with Gasteiger partial charge in [-0.2, -0.15) is 0 Å². The zero-order valence-electron chi connectivity index (χ0n) is 39.3. The molecule has 334 valence electrons. The van der Waals surface area contributed by atoms with Crippen molar-refractivity contribution >= 4 is 49.1 Å². The van der Waals surface area contributed by atoms with Crippen molar-refractivity contribution in [3.63, 3.8) is 0 Å². The van der Waals surface area contributed by atoms with Crippen LogP contribution in [0.15, 0.2) is 242 Å². The van der Waals surface area contributed by atoms with Gasteiger partial charge in [-0.1, -0.05) is 200 Å². The molecule has 2 heteroatoms. The molecule has 5 unspecified atom stereocenters. The van der Waals surface area contributed by atoms with Crippen LogP contribution in [-0.4, -0.2) is 9.55 Å². The van der Waals surface area contributed by atoms with Crippen molar-refractivity contribution in [3.8, 4) is 28.1 Å². The highest BCUT2D eigenvalue weighted by Crippen LogP contribution is 2.68. The Labute approximate surface area is 413 Å². The lowest BCUT2D eigenvalue weighted by atomic mass is 9.62. The van der Waals surface area contributed by atoms with E-state index >= 15 is 0 Å². The van der Waals surface area contributed by atoms with Crippen molar-refractivity contribution in [2.75, 3.05) is 0 Å². The van der Waals surface area contributed by atoms with E-state index in [0.717, 1.165) is 41.7 Å². The van der Waals surface area contributed by atoms with Gasteiger partial charge in [-0.05, 0) is 123 Å². The highest BCUT2D eigenvalue weighted by molar-refractivity contribution is 6.19. The predicted molar refractivity (Wildman–Crippen MR) is 294 cm³/mol. The molecule has 0 N–H and O–H groups in total. The van der Waals surface area contributed by atoms with E-state index in [1.165, 1.54) is 99.2 Å². The number of allylic oxidation sites excluding steroid dienone is 12. The van der Waals surface area contributed by atoms with Crippen LogP contribution in [0.5, 0.6) is 0 Å². The summed E-state index contributed by atoms with van der Waals surface area (Å²) in [5.74, 6) is 0.904. The maximum atomic E-state index is 5.63. The third kappa shape index (κ3) is 5.04. The van der Waals surface area contributed by atoms with Crippen LogP contribution in [0.1, 0.15) is 64.1 Å². The topological polar surface area (TPSA) is 17.8 Å². The van der Waals surface area contributed by atoms with Crippen LogP contribution in [0.3, 0.4) is 0 Å². The SMILES string of the molecule is C1=CCC(C2(c3ccccc3)c3ccccc3-c3cc4c(cc32)c2ccccc2n4-c2cccc(-c3nc4ccccc4c4c5c(ccc34)C3(C4=CCCC=C45)c4ccccc4C4C=CC=CC43)c2)C=C1. The van der Waals surface area contributed by atoms with Gasteiger partial charge < -0.3 is 4.57 Å². The largest absolute Gasteiger partial charge is 0.309 e. The highest BCUT2D eigenvalue weighted by Gasteiger charge is 2.59. The molecule has 5 atom stereocenters. The fourth-order valence-electron chi connectivity index (χ4n) is 15.0. The minimum absolute atomic E-state index is 0.259. The number of nitrogens with zero attached hydrogens (tertiary/aromatic N) is 2. The molecule has 71 heavy (non-hydrogen) atoms. The third-order valence-corrected chi connectivity index (χ3v) is 17.5. The molecule has 0 fully saturated rings. The molecule has 2 heterocycles. The van der Waals surface area contributed by atoms with E-state index in [2.05, 4.69) is 241 Å². The smallest absolute Gasteiger partial charge is 0.0789 e. The second kappa shape index (κ2) is 14.6. The minimum atomic E-state index is -0.342. The number of hydrogen-bond donors (Lipinski definition) is 0. The molecule has 0 saturated carbocycles. The molecule has 10 aromatic rings. The van der Waals surface area contributed by atoms with Crippen LogP contribution >= 0.6 is 0 Å². The van der Waals surface area contributed by atoms with E-state index in [0.29, 0.717) is 11.8 Å². The summed E-state index contributed by atoms with van der Waals surface area (Å²) in [5.41, 5.74) is 21.5. The molecule has 0 aliphatic heterocycles. The Morgan fingerprint density at radius 2 is 1.30 bits per heavy atom. The lowest BCUT2D eigenvalue weighted by Gasteiger charge is -2.39. The minimum Gasteiger partial charge on any atom is -0.309 e. The van der Waals surface area contributed by atoms with E-state index in [4.69, 9.17) is 4.98 Å². The number of fused-ring (bicyclic) bond motifs is 20. The first-order valence-corrected chi connectivity index (χ1v) is 25.6. The van der Waals surface area contributed by atoms with Crippen molar-refractivity contribution in [3.05, 3.63) is 281 Å².